The van der Waals surface area contributed by atoms with Gasteiger partial charge in [0.2, 0.25) is 0 Å². The molecule has 2 aromatic rings. The van der Waals surface area contributed by atoms with Crippen molar-refractivity contribution in [1.82, 2.24) is 5.32 Å². The molecule has 1 amide bonds. The number of rotatable bonds is 8. The highest BCUT2D eigenvalue weighted by Crippen LogP contribution is 2.31. The van der Waals surface area contributed by atoms with Gasteiger partial charge in [-0.3, -0.25) is 9.59 Å². The fourth-order valence-corrected chi connectivity index (χ4v) is 3.29. The van der Waals surface area contributed by atoms with E-state index in [1.807, 2.05) is 12.1 Å². The SMILES string of the molecule is COc1cccc(CNC(=O)c2ccccc2SC(C)C(=O)O)c1OC. The van der Waals surface area contributed by atoms with Crippen molar-refractivity contribution in [2.24, 2.45) is 0 Å². The van der Waals surface area contributed by atoms with Crippen molar-refractivity contribution in [3.63, 3.8) is 0 Å². The molecule has 0 heterocycles. The van der Waals surface area contributed by atoms with E-state index in [0.717, 1.165) is 17.3 Å². The molecule has 0 radical (unpaired) electrons. The van der Waals surface area contributed by atoms with Gasteiger partial charge in [0, 0.05) is 17.0 Å². The topological polar surface area (TPSA) is 84.9 Å². The molecule has 138 valence electrons. The Kier molecular flexibility index (Phi) is 6.91. The maximum Gasteiger partial charge on any atom is 0.316 e. The number of carboxylic acids is 1. The number of hydrogen-bond acceptors (Lipinski definition) is 5. The van der Waals surface area contributed by atoms with Gasteiger partial charge in [-0.05, 0) is 25.1 Å². The molecule has 6 nitrogen and oxygen atoms in total. The minimum absolute atomic E-state index is 0.257. The van der Waals surface area contributed by atoms with Gasteiger partial charge in [0.1, 0.15) is 5.25 Å². The lowest BCUT2D eigenvalue weighted by atomic mass is 10.1. The Labute approximate surface area is 156 Å². The molecule has 0 aliphatic rings. The van der Waals surface area contributed by atoms with Crippen molar-refractivity contribution in [2.45, 2.75) is 23.6 Å². The number of nitrogens with one attached hydrogen (secondary N) is 1. The molecule has 26 heavy (non-hydrogen) atoms. The number of carboxylic acid groups (broad SMARTS) is 1. The number of methoxy groups -OCH3 is 2. The smallest absolute Gasteiger partial charge is 0.316 e. The van der Waals surface area contributed by atoms with E-state index in [2.05, 4.69) is 5.32 Å². The predicted octanol–water partition coefficient (Wildman–Crippen LogP) is 3.20. The van der Waals surface area contributed by atoms with Crippen LogP contribution in [0.2, 0.25) is 0 Å². The van der Waals surface area contributed by atoms with Gasteiger partial charge < -0.3 is 19.9 Å². The Morgan fingerprint density at radius 1 is 1.12 bits per heavy atom. The van der Waals surface area contributed by atoms with Gasteiger partial charge >= 0.3 is 5.97 Å². The number of carbonyl (C=O) groups excluding carboxylic acids is 1. The number of para-hydroxylation sites is 1. The fraction of sp³-hybridized carbons (Fsp3) is 0.263. The molecule has 0 saturated heterocycles. The largest absolute Gasteiger partial charge is 0.493 e. The molecule has 0 aliphatic carbocycles. The van der Waals surface area contributed by atoms with Gasteiger partial charge in [-0.25, -0.2) is 0 Å². The third kappa shape index (κ3) is 4.70. The van der Waals surface area contributed by atoms with Crippen LogP contribution in [0.1, 0.15) is 22.8 Å². The maximum absolute atomic E-state index is 12.6. The summed E-state index contributed by atoms with van der Waals surface area (Å²) in [6.07, 6.45) is 0. The summed E-state index contributed by atoms with van der Waals surface area (Å²) in [5, 5.41) is 11.3. The molecular weight excluding hydrogens is 354 g/mol. The molecule has 0 aliphatic heterocycles. The first-order valence-electron chi connectivity index (χ1n) is 7.94. The van der Waals surface area contributed by atoms with E-state index >= 15 is 0 Å². The quantitative estimate of drug-likeness (QED) is 0.689. The minimum Gasteiger partial charge on any atom is -0.493 e. The molecule has 1 atom stereocenters. The monoisotopic (exact) mass is 375 g/mol. The first-order valence-corrected chi connectivity index (χ1v) is 8.82. The van der Waals surface area contributed by atoms with Crippen molar-refractivity contribution in [3.8, 4) is 11.5 Å². The Bertz CT molecular complexity index is 793. The molecule has 2 aromatic carbocycles. The van der Waals surface area contributed by atoms with Crippen molar-refractivity contribution in [3.05, 3.63) is 53.6 Å². The minimum atomic E-state index is -0.925. The van der Waals surface area contributed by atoms with E-state index in [1.165, 1.54) is 0 Å². The summed E-state index contributed by atoms with van der Waals surface area (Å²) in [7, 11) is 3.10. The van der Waals surface area contributed by atoms with Gasteiger partial charge in [0.25, 0.3) is 5.91 Å². The van der Waals surface area contributed by atoms with Crippen LogP contribution in [0.4, 0.5) is 0 Å². The van der Waals surface area contributed by atoms with E-state index in [4.69, 9.17) is 14.6 Å². The van der Waals surface area contributed by atoms with Crippen LogP contribution in [0, 0.1) is 0 Å². The molecule has 2 rings (SSSR count). The summed E-state index contributed by atoms with van der Waals surface area (Å²) < 4.78 is 10.6. The number of thioether (sulfide) groups is 1. The number of ether oxygens (including phenoxy) is 2. The van der Waals surface area contributed by atoms with E-state index in [-0.39, 0.29) is 12.5 Å². The van der Waals surface area contributed by atoms with Gasteiger partial charge in [0.05, 0.1) is 19.8 Å². The summed E-state index contributed by atoms with van der Waals surface area (Å²) in [5.74, 6) is -0.0511. The van der Waals surface area contributed by atoms with Crippen LogP contribution in [0.3, 0.4) is 0 Å². The van der Waals surface area contributed by atoms with E-state index in [0.29, 0.717) is 22.0 Å². The zero-order valence-electron chi connectivity index (χ0n) is 14.8. The standard InChI is InChI=1S/C19H21NO5S/c1-12(19(22)23)26-16-10-5-4-8-14(16)18(21)20-11-13-7-6-9-15(24-2)17(13)25-3/h4-10,12H,11H2,1-3H3,(H,20,21)(H,22,23). The Balaban J connectivity index is 2.15. The van der Waals surface area contributed by atoms with E-state index < -0.39 is 11.2 Å². The Morgan fingerprint density at radius 3 is 2.50 bits per heavy atom. The Morgan fingerprint density at radius 2 is 1.85 bits per heavy atom. The normalized spacial score (nSPS) is 11.5. The lowest BCUT2D eigenvalue weighted by Gasteiger charge is -2.14. The van der Waals surface area contributed by atoms with Crippen LogP contribution >= 0.6 is 11.8 Å². The van der Waals surface area contributed by atoms with Crippen molar-refractivity contribution in [2.75, 3.05) is 14.2 Å². The summed E-state index contributed by atoms with van der Waals surface area (Å²) in [6.45, 7) is 1.84. The second-order valence-electron chi connectivity index (χ2n) is 5.43. The number of amides is 1. The van der Waals surface area contributed by atoms with Gasteiger partial charge in [0.15, 0.2) is 11.5 Å². The van der Waals surface area contributed by atoms with Crippen molar-refractivity contribution < 1.29 is 24.2 Å². The summed E-state index contributed by atoms with van der Waals surface area (Å²) in [4.78, 5) is 24.3. The molecule has 2 N–H and O–H groups in total. The van der Waals surface area contributed by atoms with E-state index in [9.17, 15) is 9.59 Å². The number of carbonyl (C=O) groups is 2. The molecule has 1 unspecified atom stereocenters. The highest BCUT2D eigenvalue weighted by Gasteiger charge is 2.18. The lowest BCUT2D eigenvalue weighted by Crippen LogP contribution is -2.24. The van der Waals surface area contributed by atoms with Gasteiger partial charge in [-0.2, -0.15) is 0 Å². The number of hydrogen-bond donors (Lipinski definition) is 2. The molecule has 0 spiro atoms. The average molecular weight is 375 g/mol. The lowest BCUT2D eigenvalue weighted by molar-refractivity contribution is -0.136. The van der Waals surface area contributed by atoms with Crippen LogP contribution < -0.4 is 14.8 Å². The summed E-state index contributed by atoms with van der Waals surface area (Å²) in [5.41, 5.74) is 1.22. The number of aliphatic carboxylic acids is 1. The Hall–Kier alpha value is -2.67. The van der Waals surface area contributed by atoms with Crippen LogP contribution in [-0.4, -0.2) is 36.5 Å². The van der Waals surface area contributed by atoms with Crippen LogP contribution in [-0.2, 0) is 11.3 Å². The maximum atomic E-state index is 12.6. The highest BCUT2D eigenvalue weighted by atomic mass is 32.2. The second-order valence-corrected chi connectivity index (χ2v) is 6.81. The average Bonchev–Trinajstić information content (AvgIpc) is 2.65. The first-order chi connectivity index (χ1) is 12.5. The summed E-state index contributed by atoms with van der Waals surface area (Å²) >= 11 is 1.14. The third-order valence-electron chi connectivity index (χ3n) is 3.71. The zero-order valence-corrected chi connectivity index (χ0v) is 15.6. The van der Waals surface area contributed by atoms with E-state index in [1.54, 1.807) is 51.5 Å². The highest BCUT2D eigenvalue weighted by molar-refractivity contribution is 8.00. The molecule has 7 heteroatoms. The molecule has 0 fully saturated rings. The van der Waals surface area contributed by atoms with Gasteiger partial charge in [-0.15, -0.1) is 11.8 Å². The number of benzene rings is 2. The van der Waals surface area contributed by atoms with Gasteiger partial charge in [-0.1, -0.05) is 24.3 Å². The predicted molar refractivity (Wildman–Crippen MR) is 100 cm³/mol. The van der Waals surface area contributed by atoms with Crippen LogP contribution in [0.5, 0.6) is 11.5 Å². The zero-order chi connectivity index (χ0) is 19.1. The van der Waals surface area contributed by atoms with Crippen LogP contribution in [0.25, 0.3) is 0 Å². The van der Waals surface area contributed by atoms with Crippen molar-refractivity contribution in [1.29, 1.82) is 0 Å². The fourth-order valence-electron chi connectivity index (χ4n) is 2.36. The first kappa shape index (κ1) is 19.7. The van der Waals surface area contributed by atoms with Crippen molar-refractivity contribution >= 4 is 23.6 Å². The molecule has 0 aromatic heterocycles. The van der Waals surface area contributed by atoms with Crippen LogP contribution in [0.15, 0.2) is 47.4 Å². The molecule has 0 bridgehead atoms. The third-order valence-corrected chi connectivity index (χ3v) is 4.87. The molecule has 0 saturated carbocycles. The molecular formula is C19H21NO5S. The summed E-state index contributed by atoms with van der Waals surface area (Å²) in [6, 6.07) is 12.4. The second kappa shape index (κ2) is 9.15.